The largest absolute Gasteiger partial charge is 0.396 e. The molecule has 0 aliphatic rings. The van der Waals surface area contributed by atoms with E-state index in [2.05, 4.69) is 10.2 Å². The number of amides is 1. The average Bonchev–Trinajstić information content (AvgIpc) is 2.74. The van der Waals surface area contributed by atoms with Gasteiger partial charge in [-0.25, -0.2) is 4.89 Å². The van der Waals surface area contributed by atoms with Crippen LogP contribution in [0, 0.1) is 5.92 Å². The first-order chi connectivity index (χ1) is 13.0. The Kier molecular flexibility index (Phi) is 35.9. The van der Waals surface area contributed by atoms with Gasteiger partial charge in [0.25, 0.3) is 0 Å². The van der Waals surface area contributed by atoms with Crippen molar-refractivity contribution < 1.29 is 28.5 Å². The zero-order chi connectivity index (χ0) is 22.1. The van der Waals surface area contributed by atoms with E-state index in [1.807, 2.05) is 48.5 Å². The molecule has 0 saturated carbocycles. The first-order valence-corrected chi connectivity index (χ1v) is 12.5. The molecular formula is C18H44NO6PS. The van der Waals surface area contributed by atoms with Crippen molar-refractivity contribution in [3.05, 3.63) is 0 Å². The lowest BCUT2D eigenvalue weighted by atomic mass is 10.0. The Bertz CT molecular complexity index is 335. The van der Waals surface area contributed by atoms with E-state index in [1.165, 1.54) is 14.2 Å². The molecule has 0 aliphatic heterocycles. The van der Waals surface area contributed by atoms with Gasteiger partial charge >= 0.3 is 6.72 Å². The van der Waals surface area contributed by atoms with Gasteiger partial charge in [0.05, 0.1) is 13.7 Å². The highest BCUT2D eigenvalue weighted by atomic mass is 32.5. The van der Waals surface area contributed by atoms with Gasteiger partial charge in [-0.3, -0.25) is 4.79 Å². The minimum Gasteiger partial charge on any atom is -0.396 e. The standard InChI is InChI=1S/C12H26NO6PS.3C2H6/c1-4-12(15)13-8-6-5-7-11(9-14)10-18-20(21,17-3)19-16-2;3*1-2/h11,14H,4-10H2,1-3H3,(H,13,15);3*1-2H3. The third kappa shape index (κ3) is 23.9. The second-order valence-corrected chi connectivity index (χ2v) is 7.42. The van der Waals surface area contributed by atoms with Crippen LogP contribution >= 0.6 is 6.72 Å². The molecule has 27 heavy (non-hydrogen) atoms. The highest BCUT2D eigenvalue weighted by molar-refractivity contribution is 8.07. The van der Waals surface area contributed by atoms with Crippen LogP contribution in [0.2, 0.25) is 0 Å². The van der Waals surface area contributed by atoms with Crippen LogP contribution in [0.25, 0.3) is 0 Å². The SMILES string of the molecule is CC.CC.CC.CCC(=O)NCCCCC(CO)COP(=S)(OC)OOC. The van der Waals surface area contributed by atoms with Crippen LogP contribution in [0.4, 0.5) is 0 Å². The van der Waals surface area contributed by atoms with Crippen LogP contribution in [-0.2, 0) is 35.2 Å². The molecule has 0 bridgehead atoms. The number of aliphatic hydroxyl groups excluding tert-OH is 1. The lowest BCUT2D eigenvalue weighted by Gasteiger charge is -2.20. The first kappa shape index (κ1) is 34.4. The van der Waals surface area contributed by atoms with Crippen molar-refractivity contribution in [2.24, 2.45) is 5.92 Å². The third-order valence-corrected chi connectivity index (χ3v) is 4.99. The summed E-state index contributed by atoms with van der Waals surface area (Å²) < 4.78 is 15.2. The molecule has 2 N–H and O–H groups in total. The molecule has 2 unspecified atom stereocenters. The lowest BCUT2D eigenvalue weighted by molar-refractivity contribution is -0.191. The van der Waals surface area contributed by atoms with Crippen LogP contribution in [0.15, 0.2) is 0 Å². The van der Waals surface area contributed by atoms with Crippen LogP contribution < -0.4 is 5.32 Å². The highest BCUT2D eigenvalue weighted by Crippen LogP contribution is 2.49. The van der Waals surface area contributed by atoms with E-state index in [0.717, 1.165) is 19.3 Å². The van der Waals surface area contributed by atoms with Gasteiger partial charge in [-0.1, -0.05) is 54.9 Å². The molecule has 0 aromatic rings. The second-order valence-electron chi connectivity index (χ2n) is 4.41. The molecule has 0 spiro atoms. The van der Waals surface area contributed by atoms with Crippen LogP contribution in [0.1, 0.15) is 74.1 Å². The maximum Gasteiger partial charge on any atom is 0.355 e. The Labute approximate surface area is 172 Å². The van der Waals surface area contributed by atoms with Gasteiger partial charge in [-0.05, 0) is 24.6 Å². The minimum atomic E-state index is -2.89. The summed E-state index contributed by atoms with van der Waals surface area (Å²) in [6.45, 7) is 11.8. The summed E-state index contributed by atoms with van der Waals surface area (Å²) in [5.41, 5.74) is 0. The summed E-state index contributed by atoms with van der Waals surface area (Å²) in [6, 6.07) is 0. The van der Waals surface area contributed by atoms with Crippen molar-refractivity contribution in [3.63, 3.8) is 0 Å². The first-order valence-electron chi connectivity index (χ1n) is 9.91. The molecule has 7 nitrogen and oxygen atoms in total. The van der Waals surface area contributed by atoms with Gasteiger partial charge in [0, 0.05) is 32.6 Å². The van der Waals surface area contributed by atoms with Crippen molar-refractivity contribution in [1.82, 2.24) is 5.32 Å². The number of carbonyl (C=O) groups excluding carboxylic acids is 1. The fourth-order valence-corrected chi connectivity index (χ4v) is 2.68. The Morgan fingerprint density at radius 1 is 1.11 bits per heavy atom. The fraction of sp³-hybridized carbons (Fsp3) is 0.944. The van der Waals surface area contributed by atoms with Gasteiger partial charge in [0.2, 0.25) is 5.91 Å². The molecule has 0 aromatic carbocycles. The number of aliphatic hydroxyl groups is 1. The van der Waals surface area contributed by atoms with Crippen molar-refractivity contribution in [2.45, 2.75) is 74.1 Å². The Balaban J connectivity index is -0.000000397. The van der Waals surface area contributed by atoms with E-state index >= 15 is 0 Å². The fourth-order valence-electron chi connectivity index (χ4n) is 1.53. The lowest BCUT2D eigenvalue weighted by Crippen LogP contribution is -2.23. The van der Waals surface area contributed by atoms with Gasteiger partial charge in [-0.15, -0.1) is 4.67 Å². The Morgan fingerprint density at radius 2 is 1.67 bits per heavy atom. The molecule has 0 fully saturated rings. The van der Waals surface area contributed by atoms with Gasteiger partial charge in [0.15, 0.2) is 0 Å². The Morgan fingerprint density at radius 3 is 2.07 bits per heavy atom. The van der Waals surface area contributed by atoms with Crippen molar-refractivity contribution >= 4 is 24.4 Å². The van der Waals surface area contributed by atoms with E-state index in [4.69, 9.17) is 25.5 Å². The van der Waals surface area contributed by atoms with E-state index in [0.29, 0.717) is 13.0 Å². The molecule has 0 rings (SSSR count). The van der Waals surface area contributed by atoms with Crippen molar-refractivity contribution in [3.8, 4) is 0 Å². The minimum absolute atomic E-state index is 0.00660. The van der Waals surface area contributed by atoms with Crippen molar-refractivity contribution in [1.29, 1.82) is 0 Å². The van der Waals surface area contributed by atoms with Gasteiger partial charge in [-0.2, -0.15) is 0 Å². The number of unbranched alkanes of at least 4 members (excludes halogenated alkanes) is 1. The summed E-state index contributed by atoms with van der Waals surface area (Å²) in [6.07, 6.45) is 2.99. The average molecular weight is 434 g/mol. The zero-order valence-corrected chi connectivity index (χ0v) is 20.6. The van der Waals surface area contributed by atoms with Crippen LogP contribution in [0.3, 0.4) is 0 Å². The summed E-state index contributed by atoms with van der Waals surface area (Å²) in [7, 11) is 2.72. The third-order valence-electron chi connectivity index (χ3n) is 2.80. The predicted octanol–water partition coefficient (Wildman–Crippen LogP) is 4.84. The number of hydrogen-bond donors (Lipinski definition) is 2. The molecule has 2 atom stereocenters. The van der Waals surface area contributed by atoms with Gasteiger partial charge in [0.1, 0.15) is 0 Å². The molecule has 1 amide bonds. The summed E-state index contributed by atoms with van der Waals surface area (Å²) in [4.78, 5) is 15.6. The second kappa shape index (κ2) is 28.1. The maximum atomic E-state index is 11.1. The monoisotopic (exact) mass is 433 g/mol. The summed E-state index contributed by atoms with van der Waals surface area (Å²) >= 11 is 5.06. The number of carbonyl (C=O) groups is 1. The van der Waals surface area contributed by atoms with E-state index in [1.54, 1.807) is 0 Å². The molecule has 0 saturated heterocycles. The maximum absolute atomic E-state index is 11.1. The van der Waals surface area contributed by atoms with E-state index in [-0.39, 0.29) is 25.0 Å². The van der Waals surface area contributed by atoms with E-state index in [9.17, 15) is 9.90 Å². The highest BCUT2D eigenvalue weighted by Gasteiger charge is 2.22. The molecule has 0 heterocycles. The number of nitrogens with one attached hydrogen (secondary N) is 1. The predicted molar refractivity (Wildman–Crippen MR) is 117 cm³/mol. The quantitative estimate of drug-likeness (QED) is 0.186. The molecule has 0 aromatic heterocycles. The van der Waals surface area contributed by atoms with Gasteiger partial charge < -0.3 is 19.5 Å². The smallest absolute Gasteiger partial charge is 0.355 e. The molecular weight excluding hydrogens is 389 g/mol. The van der Waals surface area contributed by atoms with Crippen LogP contribution in [-0.4, -0.2) is 45.0 Å². The molecule has 168 valence electrons. The van der Waals surface area contributed by atoms with E-state index < -0.39 is 6.72 Å². The molecule has 9 heteroatoms. The summed E-state index contributed by atoms with van der Waals surface area (Å²) in [5, 5.41) is 12.1. The summed E-state index contributed by atoms with van der Waals surface area (Å²) in [5.74, 6) is -0.000603. The normalized spacial score (nSPS) is 12.7. The van der Waals surface area contributed by atoms with Crippen LogP contribution in [0.5, 0.6) is 0 Å². The Hall–Kier alpha value is -0.0800. The number of rotatable bonds is 13. The van der Waals surface area contributed by atoms with Crippen molar-refractivity contribution in [2.75, 3.05) is 34.0 Å². The number of hydrogen-bond acceptors (Lipinski definition) is 7. The zero-order valence-electron chi connectivity index (χ0n) is 18.9. The topological polar surface area (TPSA) is 86.3 Å². The molecule has 0 radical (unpaired) electrons. The molecule has 0 aliphatic carbocycles.